The zero-order valence-electron chi connectivity index (χ0n) is 15.6. The smallest absolute Gasteiger partial charge is 0.251 e. The van der Waals surface area contributed by atoms with Gasteiger partial charge in [0, 0.05) is 31.2 Å². The lowest BCUT2D eigenvalue weighted by Gasteiger charge is -2.36. The SMILES string of the molecule is O=C1C[C@@H](N2CCN(S(=O)(=O)c3ccccc3)CC2)C(=O)N1c1ccc(Cl)cc1. The number of halogens is 1. The topological polar surface area (TPSA) is 78.0 Å². The molecule has 0 bridgehead atoms. The van der Waals surface area contributed by atoms with Crippen LogP contribution in [0.1, 0.15) is 6.42 Å². The van der Waals surface area contributed by atoms with Crippen molar-refractivity contribution < 1.29 is 18.0 Å². The molecule has 0 aromatic heterocycles. The number of carbonyl (C=O) groups is 2. The second-order valence-corrected chi connectivity index (χ2v) is 9.39. The largest absolute Gasteiger partial charge is 0.289 e. The van der Waals surface area contributed by atoms with Gasteiger partial charge in [-0.25, -0.2) is 13.3 Å². The quantitative estimate of drug-likeness (QED) is 0.689. The van der Waals surface area contributed by atoms with E-state index in [0.717, 1.165) is 0 Å². The molecule has 7 nitrogen and oxygen atoms in total. The van der Waals surface area contributed by atoms with Gasteiger partial charge in [-0.05, 0) is 36.4 Å². The summed E-state index contributed by atoms with van der Waals surface area (Å²) in [6.07, 6.45) is 0.0902. The number of rotatable bonds is 4. The van der Waals surface area contributed by atoms with E-state index in [-0.39, 0.29) is 36.2 Å². The summed E-state index contributed by atoms with van der Waals surface area (Å²) < 4.78 is 27.0. The number of nitrogens with zero attached hydrogens (tertiary/aromatic N) is 3. The number of carbonyl (C=O) groups excluding carboxylic acids is 2. The maximum Gasteiger partial charge on any atom is 0.251 e. The Morgan fingerprint density at radius 3 is 2.10 bits per heavy atom. The van der Waals surface area contributed by atoms with E-state index in [1.165, 1.54) is 9.21 Å². The van der Waals surface area contributed by atoms with Gasteiger partial charge in [0.25, 0.3) is 5.91 Å². The highest BCUT2D eigenvalue weighted by Crippen LogP contribution is 2.28. The molecule has 4 rings (SSSR count). The summed E-state index contributed by atoms with van der Waals surface area (Å²) in [5.74, 6) is -0.543. The molecule has 29 heavy (non-hydrogen) atoms. The number of benzene rings is 2. The minimum Gasteiger partial charge on any atom is -0.289 e. The van der Waals surface area contributed by atoms with E-state index in [0.29, 0.717) is 23.8 Å². The van der Waals surface area contributed by atoms with Crippen LogP contribution >= 0.6 is 11.6 Å². The highest BCUT2D eigenvalue weighted by Gasteiger charge is 2.44. The van der Waals surface area contributed by atoms with Crippen LogP contribution < -0.4 is 4.90 Å². The van der Waals surface area contributed by atoms with Crippen molar-refractivity contribution in [2.75, 3.05) is 31.1 Å². The van der Waals surface area contributed by atoms with Crippen LogP contribution in [0.4, 0.5) is 5.69 Å². The van der Waals surface area contributed by atoms with E-state index in [4.69, 9.17) is 11.6 Å². The van der Waals surface area contributed by atoms with Gasteiger partial charge >= 0.3 is 0 Å². The number of hydrogen-bond acceptors (Lipinski definition) is 5. The van der Waals surface area contributed by atoms with Crippen LogP contribution in [0.5, 0.6) is 0 Å². The van der Waals surface area contributed by atoms with Crippen LogP contribution in [0.3, 0.4) is 0 Å². The van der Waals surface area contributed by atoms with Gasteiger partial charge in [0.05, 0.1) is 23.0 Å². The van der Waals surface area contributed by atoms with Crippen molar-refractivity contribution in [2.45, 2.75) is 17.4 Å². The first kappa shape index (κ1) is 20.0. The summed E-state index contributed by atoms with van der Waals surface area (Å²) in [5, 5.41) is 0.528. The number of amides is 2. The summed E-state index contributed by atoms with van der Waals surface area (Å²) in [7, 11) is -3.56. The molecule has 2 amide bonds. The van der Waals surface area contributed by atoms with Gasteiger partial charge in [-0.3, -0.25) is 14.5 Å². The first-order valence-corrected chi connectivity index (χ1v) is 11.1. The molecule has 1 atom stereocenters. The average Bonchev–Trinajstić information content (AvgIpc) is 3.03. The number of hydrogen-bond donors (Lipinski definition) is 0. The lowest BCUT2D eigenvalue weighted by atomic mass is 10.2. The van der Waals surface area contributed by atoms with Crippen molar-refractivity contribution in [1.29, 1.82) is 0 Å². The fourth-order valence-electron chi connectivity index (χ4n) is 3.76. The van der Waals surface area contributed by atoms with Crippen molar-refractivity contribution >= 4 is 39.1 Å². The third-order valence-corrected chi connectivity index (χ3v) is 7.47. The van der Waals surface area contributed by atoms with E-state index in [2.05, 4.69) is 0 Å². The highest BCUT2D eigenvalue weighted by atomic mass is 35.5. The van der Waals surface area contributed by atoms with Crippen molar-refractivity contribution in [3.63, 3.8) is 0 Å². The number of imide groups is 1. The van der Waals surface area contributed by atoms with Gasteiger partial charge < -0.3 is 0 Å². The Morgan fingerprint density at radius 2 is 1.48 bits per heavy atom. The molecule has 0 spiro atoms. The summed E-state index contributed by atoms with van der Waals surface area (Å²) in [4.78, 5) is 28.7. The molecule has 2 saturated heterocycles. The molecule has 0 radical (unpaired) electrons. The van der Waals surface area contributed by atoms with Crippen molar-refractivity contribution in [1.82, 2.24) is 9.21 Å². The van der Waals surface area contributed by atoms with Gasteiger partial charge in [-0.15, -0.1) is 0 Å². The van der Waals surface area contributed by atoms with E-state index in [1.807, 2.05) is 4.90 Å². The Kier molecular flexibility index (Phi) is 5.44. The van der Waals surface area contributed by atoms with Gasteiger partial charge in [-0.2, -0.15) is 4.31 Å². The first-order chi connectivity index (χ1) is 13.9. The normalized spacial score (nSPS) is 21.7. The van der Waals surface area contributed by atoms with E-state index in [9.17, 15) is 18.0 Å². The fraction of sp³-hybridized carbons (Fsp3) is 0.300. The summed E-state index contributed by atoms with van der Waals surface area (Å²) in [5.41, 5.74) is 0.497. The minimum atomic E-state index is -3.56. The Bertz CT molecular complexity index is 1020. The summed E-state index contributed by atoms with van der Waals surface area (Å²) in [6.45, 7) is 1.33. The van der Waals surface area contributed by atoms with Gasteiger partial charge in [0.15, 0.2) is 0 Å². The monoisotopic (exact) mass is 433 g/mol. The maximum absolute atomic E-state index is 12.9. The molecule has 2 heterocycles. The Balaban J connectivity index is 1.44. The Morgan fingerprint density at radius 1 is 0.862 bits per heavy atom. The van der Waals surface area contributed by atoms with Crippen LogP contribution in [-0.2, 0) is 19.6 Å². The molecule has 2 aromatic carbocycles. The average molecular weight is 434 g/mol. The molecule has 0 aliphatic carbocycles. The molecule has 2 aliphatic heterocycles. The zero-order chi connectivity index (χ0) is 20.6. The molecular formula is C20H20ClN3O4S. The third kappa shape index (κ3) is 3.81. The van der Waals surface area contributed by atoms with Crippen LogP contribution in [0.2, 0.25) is 5.02 Å². The lowest BCUT2D eigenvalue weighted by molar-refractivity contribution is -0.123. The molecule has 0 unspecified atom stereocenters. The summed E-state index contributed by atoms with van der Waals surface area (Å²) >= 11 is 5.89. The lowest BCUT2D eigenvalue weighted by Crippen LogP contribution is -2.53. The van der Waals surface area contributed by atoms with Crippen LogP contribution in [0.25, 0.3) is 0 Å². The van der Waals surface area contributed by atoms with Crippen LogP contribution in [0, 0.1) is 0 Å². The third-order valence-electron chi connectivity index (χ3n) is 5.30. The van der Waals surface area contributed by atoms with E-state index >= 15 is 0 Å². The zero-order valence-corrected chi connectivity index (χ0v) is 17.1. The van der Waals surface area contributed by atoms with Crippen molar-refractivity contribution in [3.05, 3.63) is 59.6 Å². The Labute approximate surface area is 174 Å². The molecule has 0 N–H and O–H groups in total. The molecule has 2 fully saturated rings. The first-order valence-electron chi connectivity index (χ1n) is 9.29. The fourth-order valence-corrected chi connectivity index (χ4v) is 5.33. The molecule has 2 aromatic rings. The van der Waals surface area contributed by atoms with Gasteiger partial charge in [0.1, 0.15) is 0 Å². The standard InChI is InChI=1S/C20H20ClN3O4S/c21-15-6-8-16(9-7-15)24-19(25)14-18(20(24)26)22-10-12-23(13-11-22)29(27,28)17-4-2-1-3-5-17/h1-9,18H,10-14H2/t18-/m1/s1. The van der Waals surface area contributed by atoms with E-state index in [1.54, 1.807) is 54.6 Å². The molecule has 152 valence electrons. The number of anilines is 1. The van der Waals surface area contributed by atoms with Crippen molar-refractivity contribution in [3.8, 4) is 0 Å². The van der Waals surface area contributed by atoms with Crippen LogP contribution in [-0.4, -0.2) is 61.7 Å². The molecule has 0 saturated carbocycles. The summed E-state index contributed by atoms with van der Waals surface area (Å²) in [6, 6.07) is 14.3. The molecular weight excluding hydrogens is 414 g/mol. The van der Waals surface area contributed by atoms with Crippen molar-refractivity contribution in [2.24, 2.45) is 0 Å². The molecule has 9 heteroatoms. The minimum absolute atomic E-state index is 0.0902. The second-order valence-electron chi connectivity index (χ2n) is 7.02. The number of piperazine rings is 1. The Hall–Kier alpha value is -2.26. The van der Waals surface area contributed by atoms with Gasteiger partial charge in [-0.1, -0.05) is 29.8 Å². The number of sulfonamides is 1. The predicted molar refractivity (Wildman–Crippen MR) is 109 cm³/mol. The maximum atomic E-state index is 12.9. The van der Waals surface area contributed by atoms with E-state index < -0.39 is 16.1 Å². The predicted octanol–water partition coefficient (Wildman–Crippen LogP) is 1.98. The highest BCUT2D eigenvalue weighted by molar-refractivity contribution is 7.89. The van der Waals surface area contributed by atoms with Gasteiger partial charge in [0.2, 0.25) is 15.9 Å². The second kappa shape index (κ2) is 7.87. The molecule has 2 aliphatic rings. The van der Waals surface area contributed by atoms with Crippen LogP contribution in [0.15, 0.2) is 59.5 Å².